The number of aryl methyl sites for hydroxylation is 2. The zero-order valence-corrected chi connectivity index (χ0v) is 13.0. The molecule has 1 aliphatic rings. The van der Waals surface area contributed by atoms with Crippen LogP contribution in [0, 0.1) is 6.92 Å². The van der Waals surface area contributed by atoms with Crippen LogP contribution in [0.25, 0.3) is 0 Å². The molecular formula is C15H17Cl2N3. The van der Waals surface area contributed by atoms with Crippen LogP contribution in [0.2, 0.25) is 5.02 Å². The van der Waals surface area contributed by atoms with E-state index in [1.807, 2.05) is 18.7 Å². The van der Waals surface area contributed by atoms with Gasteiger partial charge in [0.15, 0.2) is 0 Å². The molecule has 5 heteroatoms. The van der Waals surface area contributed by atoms with Crippen molar-refractivity contribution in [2.75, 3.05) is 0 Å². The summed E-state index contributed by atoms with van der Waals surface area (Å²) in [6.45, 7) is 2.58. The minimum atomic E-state index is 0.0838. The summed E-state index contributed by atoms with van der Waals surface area (Å²) in [6, 6.07) is 8.58. The molecule has 2 aromatic rings. The Balaban J connectivity index is 1.79. The number of aromatic nitrogens is 2. The number of rotatable bonds is 3. The molecule has 1 aromatic carbocycles. The van der Waals surface area contributed by atoms with Crippen molar-refractivity contribution in [3.8, 4) is 0 Å². The summed E-state index contributed by atoms with van der Waals surface area (Å²) in [4.78, 5) is 0. The fourth-order valence-electron chi connectivity index (χ4n) is 2.86. The number of benzene rings is 1. The van der Waals surface area contributed by atoms with Gasteiger partial charge in [-0.3, -0.25) is 4.68 Å². The van der Waals surface area contributed by atoms with Gasteiger partial charge in [-0.05, 0) is 24.5 Å². The molecule has 1 N–H and O–H groups in total. The molecule has 0 saturated heterocycles. The van der Waals surface area contributed by atoms with Crippen LogP contribution in [0.3, 0.4) is 0 Å². The molecule has 2 atom stereocenters. The van der Waals surface area contributed by atoms with Gasteiger partial charge in [0, 0.05) is 19.6 Å². The van der Waals surface area contributed by atoms with E-state index in [0.717, 1.165) is 22.8 Å². The van der Waals surface area contributed by atoms with E-state index < -0.39 is 0 Å². The Hall–Kier alpha value is -1.03. The highest BCUT2D eigenvalue weighted by molar-refractivity contribution is 6.31. The third-order valence-corrected chi connectivity index (χ3v) is 4.82. The number of halogens is 2. The first-order valence-corrected chi connectivity index (χ1v) is 7.52. The van der Waals surface area contributed by atoms with Crippen LogP contribution in [0.1, 0.15) is 28.6 Å². The summed E-state index contributed by atoms with van der Waals surface area (Å²) in [5.41, 5.74) is 4.48. The summed E-state index contributed by atoms with van der Waals surface area (Å²) < 4.78 is 1.83. The zero-order valence-electron chi connectivity index (χ0n) is 11.5. The molecule has 2 unspecified atom stereocenters. The molecule has 0 spiro atoms. The van der Waals surface area contributed by atoms with Crippen LogP contribution in [-0.4, -0.2) is 15.2 Å². The van der Waals surface area contributed by atoms with Crippen molar-refractivity contribution in [2.45, 2.75) is 31.3 Å². The maximum absolute atomic E-state index is 6.48. The Morgan fingerprint density at radius 2 is 2.15 bits per heavy atom. The number of nitrogens with zero attached hydrogens (tertiary/aromatic N) is 2. The second-order valence-electron chi connectivity index (χ2n) is 5.25. The third kappa shape index (κ3) is 2.34. The fourth-order valence-corrected chi connectivity index (χ4v) is 3.48. The number of alkyl halides is 1. The standard InChI is InChI=1S/C15H17Cl2N3/c1-9-14(17)13(20(2)19-9)8-18-15-11-6-4-3-5-10(11)7-12(15)16/h3-6,12,15,18H,7-8H2,1-2H3. The van der Waals surface area contributed by atoms with Crippen molar-refractivity contribution >= 4 is 23.2 Å². The van der Waals surface area contributed by atoms with Crippen molar-refractivity contribution in [3.05, 3.63) is 51.8 Å². The second-order valence-corrected chi connectivity index (χ2v) is 6.19. The largest absolute Gasteiger partial charge is 0.303 e. The Morgan fingerprint density at radius 3 is 2.85 bits per heavy atom. The first-order chi connectivity index (χ1) is 9.58. The smallest absolute Gasteiger partial charge is 0.0860 e. The molecule has 0 fully saturated rings. The van der Waals surface area contributed by atoms with E-state index in [9.17, 15) is 0 Å². The number of hydrogen-bond donors (Lipinski definition) is 1. The van der Waals surface area contributed by atoms with Gasteiger partial charge in [-0.15, -0.1) is 11.6 Å². The molecule has 0 bridgehead atoms. The Morgan fingerprint density at radius 1 is 1.40 bits per heavy atom. The Labute approximate surface area is 128 Å². The lowest BCUT2D eigenvalue weighted by atomic mass is 10.1. The molecule has 1 heterocycles. The van der Waals surface area contributed by atoms with Crippen molar-refractivity contribution in [2.24, 2.45) is 7.05 Å². The highest BCUT2D eigenvalue weighted by atomic mass is 35.5. The van der Waals surface area contributed by atoms with Gasteiger partial charge in [-0.25, -0.2) is 0 Å². The molecule has 0 saturated carbocycles. The summed E-state index contributed by atoms with van der Waals surface area (Å²) in [6.07, 6.45) is 0.910. The van der Waals surface area contributed by atoms with Crippen molar-refractivity contribution in [1.82, 2.24) is 15.1 Å². The Bertz CT molecular complexity index is 636. The maximum Gasteiger partial charge on any atom is 0.0860 e. The third-order valence-electron chi connectivity index (χ3n) is 3.92. The monoisotopic (exact) mass is 309 g/mol. The summed E-state index contributed by atoms with van der Waals surface area (Å²) in [5, 5.41) is 8.67. The van der Waals surface area contributed by atoms with Crippen molar-refractivity contribution in [1.29, 1.82) is 0 Å². The highest BCUT2D eigenvalue weighted by Gasteiger charge is 2.30. The van der Waals surface area contributed by atoms with E-state index in [4.69, 9.17) is 23.2 Å². The average molecular weight is 310 g/mol. The fraction of sp³-hybridized carbons (Fsp3) is 0.400. The molecule has 0 aliphatic heterocycles. The van der Waals surface area contributed by atoms with Crippen LogP contribution in [0.5, 0.6) is 0 Å². The minimum absolute atomic E-state index is 0.0838. The normalized spacial score (nSPS) is 21.2. The van der Waals surface area contributed by atoms with Gasteiger partial charge in [0.2, 0.25) is 0 Å². The van der Waals surface area contributed by atoms with E-state index in [1.54, 1.807) is 0 Å². The molecule has 20 heavy (non-hydrogen) atoms. The molecule has 1 aromatic heterocycles. The van der Waals surface area contributed by atoms with Gasteiger partial charge in [0.1, 0.15) is 0 Å². The van der Waals surface area contributed by atoms with Gasteiger partial charge in [0.25, 0.3) is 0 Å². The minimum Gasteiger partial charge on any atom is -0.303 e. The Kier molecular flexibility index (Phi) is 3.76. The summed E-state index contributed by atoms with van der Waals surface area (Å²) >= 11 is 12.8. The van der Waals surface area contributed by atoms with Crippen LogP contribution >= 0.6 is 23.2 Å². The molecule has 0 amide bonds. The van der Waals surface area contributed by atoms with E-state index in [2.05, 4.69) is 34.7 Å². The van der Waals surface area contributed by atoms with Crippen LogP contribution in [-0.2, 0) is 20.0 Å². The van der Waals surface area contributed by atoms with Gasteiger partial charge >= 0.3 is 0 Å². The van der Waals surface area contributed by atoms with Gasteiger partial charge in [0.05, 0.1) is 21.8 Å². The maximum atomic E-state index is 6.48. The molecule has 3 nitrogen and oxygen atoms in total. The zero-order chi connectivity index (χ0) is 14.3. The SMILES string of the molecule is Cc1nn(C)c(CNC2c3ccccc3CC2Cl)c1Cl. The van der Waals surface area contributed by atoms with E-state index in [1.165, 1.54) is 11.1 Å². The van der Waals surface area contributed by atoms with Gasteiger partial charge in [-0.2, -0.15) is 5.10 Å². The molecule has 106 valence electrons. The van der Waals surface area contributed by atoms with Crippen LogP contribution in [0.4, 0.5) is 0 Å². The molecular weight excluding hydrogens is 293 g/mol. The van der Waals surface area contributed by atoms with Crippen molar-refractivity contribution in [3.63, 3.8) is 0 Å². The predicted octanol–water partition coefficient (Wildman–Crippen LogP) is 3.38. The van der Waals surface area contributed by atoms with Crippen molar-refractivity contribution < 1.29 is 0 Å². The first kappa shape index (κ1) is 13.9. The van der Waals surface area contributed by atoms with Crippen LogP contribution < -0.4 is 5.32 Å². The summed E-state index contributed by atoms with van der Waals surface area (Å²) in [5.74, 6) is 0. The number of fused-ring (bicyclic) bond motifs is 1. The van der Waals surface area contributed by atoms with Gasteiger partial charge < -0.3 is 5.32 Å². The second kappa shape index (κ2) is 5.40. The average Bonchev–Trinajstić information content (AvgIpc) is 2.86. The van der Waals surface area contributed by atoms with E-state index in [0.29, 0.717) is 6.54 Å². The lowest BCUT2D eigenvalue weighted by Crippen LogP contribution is -2.26. The summed E-state index contributed by atoms with van der Waals surface area (Å²) in [7, 11) is 1.91. The topological polar surface area (TPSA) is 29.9 Å². The quantitative estimate of drug-likeness (QED) is 0.881. The lowest BCUT2D eigenvalue weighted by molar-refractivity contribution is 0.517. The number of nitrogens with one attached hydrogen (secondary N) is 1. The molecule has 3 rings (SSSR count). The van der Waals surface area contributed by atoms with E-state index >= 15 is 0 Å². The predicted molar refractivity (Wildman–Crippen MR) is 82.3 cm³/mol. The molecule has 1 aliphatic carbocycles. The lowest BCUT2D eigenvalue weighted by Gasteiger charge is -2.17. The number of hydrogen-bond acceptors (Lipinski definition) is 2. The van der Waals surface area contributed by atoms with E-state index in [-0.39, 0.29) is 11.4 Å². The van der Waals surface area contributed by atoms with Crippen LogP contribution in [0.15, 0.2) is 24.3 Å². The highest BCUT2D eigenvalue weighted by Crippen LogP contribution is 2.35. The van der Waals surface area contributed by atoms with Gasteiger partial charge in [-0.1, -0.05) is 35.9 Å². The first-order valence-electron chi connectivity index (χ1n) is 6.71. The molecule has 0 radical (unpaired) electrons.